The van der Waals surface area contributed by atoms with Gasteiger partial charge in [0.15, 0.2) is 0 Å². The summed E-state index contributed by atoms with van der Waals surface area (Å²) in [6, 6.07) is 0.545. The van der Waals surface area contributed by atoms with E-state index in [0.29, 0.717) is 12.0 Å². The van der Waals surface area contributed by atoms with Crippen LogP contribution in [0.4, 0.5) is 0 Å². The topological polar surface area (TPSA) is 32.3 Å². The van der Waals surface area contributed by atoms with E-state index in [1.807, 2.05) is 0 Å². The largest absolute Gasteiger partial charge is 0.392 e. The molecular weight excluding hydrogens is 138 g/mol. The van der Waals surface area contributed by atoms with Gasteiger partial charge < -0.3 is 10.4 Å². The summed E-state index contributed by atoms with van der Waals surface area (Å²) in [5.74, 6) is 0.603. The zero-order valence-corrected chi connectivity index (χ0v) is 7.51. The molecule has 1 fully saturated rings. The molecule has 0 aromatic rings. The van der Waals surface area contributed by atoms with E-state index in [2.05, 4.69) is 19.2 Å². The van der Waals surface area contributed by atoms with Gasteiger partial charge in [-0.1, -0.05) is 6.92 Å². The van der Waals surface area contributed by atoms with Crippen molar-refractivity contribution in [3.63, 3.8) is 0 Å². The van der Waals surface area contributed by atoms with Crippen molar-refractivity contribution in [2.45, 2.75) is 45.3 Å². The van der Waals surface area contributed by atoms with Gasteiger partial charge in [0, 0.05) is 12.6 Å². The van der Waals surface area contributed by atoms with Crippen molar-refractivity contribution in [3.05, 3.63) is 0 Å². The molecule has 1 aliphatic carbocycles. The fourth-order valence-electron chi connectivity index (χ4n) is 1.11. The number of aliphatic hydroxyl groups excluding tert-OH is 1. The van der Waals surface area contributed by atoms with Gasteiger partial charge in [0.25, 0.3) is 0 Å². The molecule has 0 bridgehead atoms. The number of nitrogens with one attached hydrogen (secondary N) is 1. The predicted molar refractivity (Wildman–Crippen MR) is 46.5 cm³/mol. The van der Waals surface area contributed by atoms with E-state index in [1.54, 1.807) is 0 Å². The summed E-state index contributed by atoms with van der Waals surface area (Å²) in [6.07, 6.45) is 3.49. The molecule has 66 valence electrons. The Balaban J connectivity index is 2.00. The Hall–Kier alpha value is -0.0800. The molecule has 0 aromatic heterocycles. The zero-order valence-electron chi connectivity index (χ0n) is 7.51. The predicted octanol–water partition coefficient (Wildman–Crippen LogP) is 1.15. The average Bonchev–Trinajstić information content (AvgIpc) is 2.81. The minimum absolute atomic E-state index is 0.0935. The van der Waals surface area contributed by atoms with Crippen molar-refractivity contribution in [1.82, 2.24) is 5.32 Å². The molecule has 2 unspecified atom stereocenters. The lowest BCUT2D eigenvalue weighted by Gasteiger charge is -2.14. The fraction of sp³-hybridized carbons (Fsp3) is 1.00. The molecule has 2 N–H and O–H groups in total. The molecule has 1 saturated carbocycles. The second kappa shape index (κ2) is 4.07. The molecule has 0 aromatic carbocycles. The van der Waals surface area contributed by atoms with E-state index in [1.165, 1.54) is 12.8 Å². The summed E-state index contributed by atoms with van der Waals surface area (Å²) in [5, 5.41) is 12.8. The van der Waals surface area contributed by atoms with Crippen LogP contribution < -0.4 is 5.32 Å². The molecule has 0 aliphatic heterocycles. The highest BCUT2D eigenvalue weighted by atomic mass is 16.3. The SMILES string of the molecule is CCC(C)NCC(O)C1CC1. The van der Waals surface area contributed by atoms with E-state index in [-0.39, 0.29) is 6.10 Å². The first kappa shape index (κ1) is 9.01. The first-order valence-electron chi connectivity index (χ1n) is 4.65. The average molecular weight is 157 g/mol. The summed E-state index contributed by atoms with van der Waals surface area (Å²) < 4.78 is 0. The lowest BCUT2D eigenvalue weighted by molar-refractivity contribution is 0.145. The normalized spacial score (nSPS) is 23.2. The van der Waals surface area contributed by atoms with Crippen molar-refractivity contribution in [3.8, 4) is 0 Å². The standard InChI is InChI=1S/C9H19NO/c1-3-7(2)10-6-9(11)8-4-5-8/h7-11H,3-6H2,1-2H3. The van der Waals surface area contributed by atoms with Crippen molar-refractivity contribution in [1.29, 1.82) is 0 Å². The summed E-state index contributed by atoms with van der Waals surface area (Å²) in [6.45, 7) is 5.08. The summed E-state index contributed by atoms with van der Waals surface area (Å²) >= 11 is 0. The lowest BCUT2D eigenvalue weighted by Crippen LogP contribution is -2.34. The van der Waals surface area contributed by atoms with Gasteiger partial charge >= 0.3 is 0 Å². The molecule has 11 heavy (non-hydrogen) atoms. The highest BCUT2D eigenvalue weighted by Crippen LogP contribution is 2.32. The first-order chi connectivity index (χ1) is 5.24. The van der Waals surface area contributed by atoms with Gasteiger partial charge in [0.05, 0.1) is 6.10 Å². The number of hydrogen-bond acceptors (Lipinski definition) is 2. The van der Waals surface area contributed by atoms with Crippen molar-refractivity contribution >= 4 is 0 Å². The van der Waals surface area contributed by atoms with Crippen molar-refractivity contribution < 1.29 is 5.11 Å². The Morgan fingerprint density at radius 1 is 1.55 bits per heavy atom. The number of hydrogen-bond donors (Lipinski definition) is 2. The van der Waals surface area contributed by atoms with Gasteiger partial charge in [-0.15, -0.1) is 0 Å². The molecule has 1 rings (SSSR count). The molecule has 0 heterocycles. The van der Waals surface area contributed by atoms with Gasteiger partial charge in [-0.2, -0.15) is 0 Å². The highest BCUT2D eigenvalue weighted by Gasteiger charge is 2.29. The molecule has 2 nitrogen and oxygen atoms in total. The summed E-state index contributed by atoms with van der Waals surface area (Å²) in [7, 11) is 0. The molecule has 2 atom stereocenters. The lowest BCUT2D eigenvalue weighted by atomic mass is 10.2. The minimum atomic E-state index is -0.0935. The number of aliphatic hydroxyl groups is 1. The van der Waals surface area contributed by atoms with Crippen LogP contribution in [-0.4, -0.2) is 23.8 Å². The van der Waals surface area contributed by atoms with E-state index in [4.69, 9.17) is 0 Å². The Labute approximate surface area is 69.0 Å². The Kier molecular flexibility index (Phi) is 3.34. The van der Waals surface area contributed by atoms with Crippen LogP contribution in [0, 0.1) is 5.92 Å². The Morgan fingerprint density at radius 3 is 2.64 bits per heavy atom. The Morgan fingerprint density at radius 2 is 2.18 bits per heavy atom. The third kappa shape index (κ3) is 3.21. The maximum Gasteiger partial charge on any atom is 0.0692 e. The third-order valence-electron chi connectivity index (χ3n) is 2.45. The van der Waals surface area contributed by atoms with E-state index in [0.717, 1.165) is 13.0 Å². The van der Waals surface area contributed by atoms with Gasteiger partial charge in [0.1, 0.15) is 0 Å². The summed E-state index contributed by atoms with van der Waals surface area (Å²) in [5.41, 5.74) is 0. The quantitative estimate of drug-likeness (QED) is 0.627. The third-order valence-corrected chi connectivity index (χ3v) is 2.45. The van der Waals surface area contributed by atoms with Crippen LogP contribution in [0.5, 0.6) is 0 Å². The summed E-state index contributed by atoms with van der Waals surface area (Å²) in [4.78, 5) is 0. The first-order valence-corrected chi connectivity index (χ1v) is 4.65. The molecule has 0 spiro atoms. The van der Waals surface area contributed by atoms with Crippen LogP contribution in [0.2, 0.25) is 0 Å². The second-order valence-corrected chi connectivity index (χ2v) is 3.62. The molecule has 1 aliphatic rings. The van der Waals surface area contributed by atoms with Gasteiger partial charge in [-0.05, 0) is 32.1 Å². The van der Waals surface area contributed by atoms with Crippen molar-refractivity contribution in [2.24, 2.45) is 5.92 Å². The molecule has 0 radical (unpaired) electrons. The molecular formula is C9H19NO. The number of rotatable bonds is 5. The minimum Gasteiger partial charge on any atom is -0.392 e. The van der Waals surface area contributed by atoms with Gasteiger partial charge in [0.2, 0.25) is 0 Å². The van der Waals surface area contributed by atoms with Crippen LogP contribution in [0.15, 0.2) is 0 Å². The maximum atomic E-state index is 9.47. The zero-order chi connectivity index (χ0) is 8.27. The highest BCUT2D eigenvalue weighted by molar-refractivity contribution is 4.82. The molecule has 0 saturated heterocycles. The molecule has 2 heteroatoms. The fourth-order valence-corrected chi connectivity index (χ4v) is 1.11. The monoisotopic (exact) mass is 157 g/mol. The maximum absolute atomic E-state index is 9.47. The van der Waals surface area contributed by atoms with Crippen LogP contribution in [0.3, 0.4) is 0 Å². The van der Waals surface area contributed by atoms with E-state index < -0.39 is 0 Å². The van der Waals surface area contributed by atoms with Gasteiger partial charge in [-0.25, -0.2) is 0 Å². The van der Waals surface area contributed by atoms with Crippen molar-refractivity contribution in [2.75, 3.05) is 6.54 Å². The van der Waals surface area contributed by atoms with E-state index >= 15 is 0 Å². The smallest absolute Gasteiger partial charge is 0.0692 e. The van der Waals surface area contributed by atoms with Crippen LogP contribution in [0.25, 0.3) is 0 Å². The van der Waals surface area contributed by atoms with E-state index in [9.17, 15) is 5.11 Å². The Bertz CT molecular complexity index is 112. The molecule has 0 amide bonds. The van der Waals surface area contributed by atoms with Gasteiger partial charge in [-0.3, -0.25) is 0 Å². The van der Waals surface area contributed by atoms with Crippen LogP contribution >= 0.6 is 0 Å². The second-order valence-electron chi connectivity index (χ2n) is 3.62. The van der Waals surface area contributed by atoms with Crippen LogP contribution in [0.1, 0.15) is 33.1 Å². The van der Waals surface area contributed by atoms with Crippen LogP contribution in [-0.2, 0) is 0 Å².